The fourth-order valence-electron chi connectivity index (χ4n) is 5.60. The molecular formula is C26H33ClFN3O3. The molecule has 34 heavy (non-hydrogen) atoms. The Morgan fingerprint density at radius 1 is 0.971 bits per heavy atom. The van der Waals surface area contributed by atoms with Crippen LogP contribution in [0.2, 0.25) is 0 Å². The highest BCUT2D eigenvalue weighted by molar-refractivity contribution is 5.93. The number of carbonyl (C=O) groups excluding carboxylic acids is 1. The van der Waals surface area contributed by atoms with Gasteiger partial charge in [0.2, 0.25) is 5.91 Å². The van der Waals surface area contributed by atoms with Crippen LogP contribution in [0.15, 0.2) is 54.6 Å². The third kappa shape index (κ3) is 4.54. The van der Waals surface area contributed by atoms with Crippen molar-refractivity contribution in [2.24, 2.45) is 0 Å². The molecule has 6 nitrogen and oxygen atoms in total. The van der Waals surface area contributed by atoms with E-state index in [2.05, 4.69) is 21.9 Å². The van der Waals surface area contributed by atoms with E-state index in [1.165, 1.54) is 12.1 Å². The van der Waals surface area contributed by atoms with Crippen LogP contribution in [0.25, 0.3) is 0 Å². The Morgan fingerprint density at radius 2 is 1.62 bits per heavy atom. The lowest BCUT2D eigenvalue weighted by Crippen LogP contribution is -2.56. The zero-order valence-corrected chi connectivity index (χ0v) is 20.4. The number of piperidine rings is 1. The molecule has 0 N–H and O–H groups in total. The summed E-state index contributed by atoms with van der Waals surface area (Å²) in [4.78, 5) is 19.8. The molecule has 3 saturated heterocycles. The molecule has 5 rings (SSSR count). The van der Waals surface area contributed by atoms with Crippen molar-refractivity contribution < 1.29 is 18.7 Å². The minimum atomic E-state index is -0.779. The highest BCUT2D eigenvalue weighted by atomic mass is 35.5. The number of ether oxygens (including phenoxy) is 2. The number of nitrogens with zero attached hydrogens (tertiary/aromatic N) is 3. The molecule has 1 spiro atoms. The Balaban J connectivity index is 0.00000274. The highest BCUT2D eigenvalue weighted by Crippen LogP contribution is 2.40. The molecular weight excluding hydrogens is 457 g/mol. The summed E-state index contributed by atoms with van der Waals surface area (Å²) in [5.41, 5.74) is 1.54. The summed E-state index contributed by atoms with van der Waals surface area (Å²) in [6, 6.07) is 16.7. The van der Waals surface area contributed by atoms with Crippen LogP contribution in [0.4, 0.5) is 10.1 Å². The minimum Gasteiger partial charge on any atom is -0.343 e. The number of benzene rings is 2. The minimum absolute atomic E-state index is 0. The van der Waals surface area contributed by atoms with Gasteiger partial charge >= 0.3 is 0 Å². The van der Waals surface area contributed by atoms with Gasteiger partial charge < -0.3 is 24.2 Å². The van der Waals surface area contributed by atoms with Gasteiger partial charge in [0.15, 0.2) is 5.79 Å². The fraction of sp³-hybridized carbons (Fsp3) is 0.500. The molecule has 0 bridgehead atoms. The molecule has 2 aromatic carbocycles. The summed E-state index contributed by atoms with van der Waals surface area (Å²) in [5.74, 6) is -0.807. The quantitative estimate of drug-likeness (QED) is 0.613. The summed E-state index contributed by atoms with van der Waals surface area (Å²) < 4.78 is 25.4. The Hall–Kier alpha value is -2.19. The molecule has 0 atom stereocenters. The van der Waals surface area contributed by atoms with Gasteiger partial charge in [-0.15, -0.1) is 12.4 Å². The van der Waals surface area contributed by atoms with Crippen molar-refractivity contribution in [2.75, 3.05) is 51.5 Å². The molecule has 3 aliphatic rings. The van der Waals surface area contributed by atoms with E-state index < -0.39 is 11.3 Å². The molecule has 3 aliphatic heterocycles. The summed E-state index contributed by atoms with van der Waals surface area (Å²) in [7, 11) is 1.90. The fourth-order valence-corrected chi connectivity index (χ4v) is 5.60. The first-order valence-electron chi connectivity index (χ1n) is 11.9. The first kappa shape index (κ1) is 24.9. The summed E-state index contributed by atoms with van der Waals surface area (Å²) in [5, 5.41) is 0. The van der Waals surface area contributed by atoms with Gasteiger partial charge in [-0.3, -0.25) is 4.79 Å². The second kappa shape index (κ2) is 10.2. The van der Waals surface area contributed by atoms with E-state index in [1.54, 1.807) is 12.1 Å². The smallest absolute Gasteiger partial charge is 0.249 e. The lowest BCUT2D eigenvalue weighted by atomic mass is 9.85. The number of halogens is 2. The predicted molar refractivity (Wildman–Crippen MR) is 131 cm³/mol. The molecule has 0 radical (unpaired) electrons. The summed E-state index contributed by atoms with van der Waals surface area (Å²) in [6.45, 7) is 4.42. The van der Waals surface area contributed by atoms with Crippen LogP contribution in [0.1, 0.15) is 31.2 Å². The number of carbonyl (C=O) groups is 1. The second-order valence-electron chi connectivity index (χ2n) is 9.34. The van der Waals surface area contributed by atoms with Crippen molar-refractivity contribution in [2.45, 2.75) is 37.0 Å². The van der Waals surface area contributed by atoms with E-state index in [-0.39, 0.29) is 24.1 Å². The third-order valence-corrected chi connectivity index (χ3v) is 7.38. The van der Waals surface area contributed by atoms with Crippen molar-refractivity contribution in [3.05, 3.63) is 66.0 Å². The van der Waals surface area contributed by atoms with Gasteiger partial charge in [-0.25, -0.2) is 4.39 Å². The Morgan fingerprint density at radius 3 is 2.26 bits per heavy atom. The lowest BCUT2D eigenvalue weighted by molar-refractivity contribution is -0.172. The monoisotopic (exact) mass is 489 g/mol. The van der Waals surface area contributed by atoms with E-state index in [4.69, 9.17) is 9.47 Å². The van der Waals surface area contributed by atoms with Crippen LogP contribution in [-0.4, -0.2) is 67.8 Å². The van der Waals surface area contributed by atoms with Crippen molar-refractivity contribution >= 4 is 24.0 Å². The van der Waals surface area contributed by atoms with Crippen LogP contribution in [0.3, 0.4) is 0 Å². The number of likely N-dealkylation sites (N-methyl/N-ethyl adjacent to an activating group) is 1. The van der Waals surface area contributed by atoms with E-state index in [0.717, 1.165) is 56.6 Å². The number of amides is 1. The molecule has 8 heteroatoms. The van der Waals surface area contributed by atoms with E-state index >= 15 is 0 Å². The van der Waals surface area contributed by atoms with Crippen molar-refractivity contribution in [1.82, 2.24) is 9.80 Å². The second-order valence-corrected chi connectivity index (χ2v) is 9.34. The van der Waals surface area contributed by atoms with Gasteiger partial charge in [-0.2, -0.15) is 0 Å². The number of rotatable bonds is 6. The molecule has 2 aromatic rings. The maximum Gasteiger partial charge on any atom is 0.249 e. The highest BCUT2D eigenvalue weighted by Gasteiger charge is 2.52. The SMILES string of the molecule is CN1CN(c2ccccc2)C2(CCN(CCCC3(c4ccc(F)cc4)OCCO3)CC2)C1=O.Cl. The molecule has 3 heterocycles. The molecule has 1 amide bonds. The van der Waals surface area contributed by atoms with Gasteiger partial charge in [0.1, 0.15) is 11.4 Å². The lowest BCUT2D eigenvalue weighted by Gasteiger charge is -2.43. The van der Waals surface area contributed by atoms with E-state index in [1.807, 2.05) is 30.1 Å². The predicted octanol–water partition coefficient (Wildman–Crippen LogP) is 4.00. The number of anilines is 1. The topological polar surface area (TPSA) is 45.2 Å². The average molecular weight is 490 g/mol. The third-order valence-electron chi connectivity index (χ3n) is 7.38. The maximum atomic E-state index is 13.4. The van der Waals surface area contributed by atoms with Gasteiger partial charge in [0, 0.05) is 37.8 Å². The van der Waals surface area contributed by atoms with Gasteiger partial charge in [-0.1, -0.05) is 30.3 Å². The van der Waals surface area contributed by atoms with Gasteiger partial charge in [0.25, 0.3) is 0 Å². The van der Waals surface area contributed by atoms with Crippen LogP contribution in [-0.2, 0) is 20.1 Å². The van der Waals surface area contributed by atoms with Gasteiger partial charge in [-0.05, 0) is 50.1 Å². The molecule has 0 aliphatic carbocycles. The van der Waals surface area contributed by atoms with Crippen molar-refractivity contribution in [3.8, 4) is 0 Å². The maximum absolute atomic E-state index is 13.4. The number of para-hydroxylation sites is 1. The van der Waals surface area contributed by atoms with Gasteiger partial charge in [0.05, 0.1) is 19.9 Å². The number of likely N-dealkylation sites (tertiary alicyclic amines) is 1. The number of hydrogen-bond donors (Lipinski definition) is 0. The molecule has 0 aromatic heterocycles. The first-order valence-corrected chi connectivity index (χ1v) is 11.9. The zero-order chi connectivity index (χ0) is 22.9. The van der Waals surface area contributed by atoms with Crippen LogP contribution >= 0.6 is 12.4 Å². The van der Waals surface area contributed by atoms with Crippen molar-refractivity contribution in [3.63, 3.8) is 0 Å². The van der Waals surface area contributed by atoms with Crippen LogP contribution in [0, 0.1) is 5.82 Å². The molecule has 3 fully saturated rings. The van der Waals surface area contributed by atoms with Crippen molar-refractivity contribution in [1.29, 1.82) is 0 Å². The largest absolute Gasteiger partial charge is 0.343 e. The van der Waals surface area contributed by atoms with E-state index in [9.17, 15) is 9.18 Å². The molecule has 184 valence electrons. The molecule has 0 unspecified atom stereocenters. The molecule has 0 saturated carbocycles. The van der Waals surface area contributed by atoms with Crippen LogP contribution < -0.4 is 4.90 Å². The van der Waals surface area contributed by atoms with E-state index in [0.29, 0.717) is 19.9 Å². The number of hydrogen-bond acceptors (Lipinski definition) is 5. The zero-order valence-electron chi connectivity index (χ0n) is 19.6. The Bertz CT molecular complexity index is 961. The summed E-state index contributed by atoms with van der Waals surface area (Å²) >= 11 is 0. The first-order chi connectivity index (χ1) is 16.0. The van der Waals surface area contributed by atoms with Crippen LogP contribution in [0.5, 0.6) is 0 Å². The average Bonchev–Trinajstić information content (AvgIpc) is 3.41. The normalized spacial score (nSPS) is 21.8. The Labute approximate surface area is 207 Å². The summed E-state index contributed by atoms with van der Waals surface area (Å²) in [6.07, 6.45) is 3.26. The standard InChI is InChI=1S/C26H32FN3O3.ClH/c1-28-20-30(23-6-3-2-4-7-23)25(24(28)31)13-16-29(17-14-25)15-5-12-26(32-18-19-33-26)21-8-10-22(27)11-9-21;/h2-4,6-11H,5,12-20H2,1H3;1H. The Kier molecular flexibility index (Phi) is 7.48.